The third-order valence-electron chi connectivity index (χ3n) is 6.33. The summed E-state index contributed by atoms with van der Waals surface area (Å²) in [6.07, 6.45) is 0.140. The fourth-order valence-corrected chi connectivity index (χ4v) is 8.25. The first-order valence-electron chi connectivity index (χ1n) is 11.7. The molecule has 0 bridgehead atoms. The molecule has 2 aliphatic heterocycles. The number of ether oxygens (including phenoxy) is 1. The van der Waals surface area contributed by atoms with Gasteiger partial charge in [0.25, 0.3) is 5.91 Å². The van der Waals surface area contributed by atoms with E-state index in [1.807, 2.05) is 7.05 Å². The van der Waals surface area contributed by atoms with Crippen molar-refractivity contribution >= 4 is 33.6 Å². The summed E-state index contributed by atoms with van der Waals surface area (Å²) in [7, 11) is -2.26. The van der Waals surface area contributed by atoms with E-state index in [2.05, 4.69) is 16.7 Å². The highest BCUT2D eigenvalue weighted by atomic mass is 32.2. The van der Waals surface area contributed by atoms with Crippen LogP contribution in [0.3, 0.4) is 0 Å². The highest BCUT2D eigenvalue weighted by Gasteiger charge is 2.52. The van der Waals surface area contributed by atoms with Gasteiger partial charge in [0.2, 0.25) is 15.9 Å². The molecular formula is C24H34N4O6S2. The molecule has 1 aromatic carbocycles. The number of sulfonamides is 1. The Balaban J connectivity index is 1.93. The van der Waals surface area contributed by atoms with Crippen LogP contribution >= 0.6 is 11.8 Å². The lowest BCUT2D eigenvalue weighted by Crippen LogP contribution is -2.63. The molecule has 10 nitrogen and oxygen atoms in total. The Morgan fingerprint density at radius 2 is 1.89 bits per heavy atom. The van der Waals surface area contributed by atoms with Gasteiger partial charge in [0.05, 0.1) is 0 Å². The molecule has 0 saturated carbocycles. The summed E-state index contributed by atoms with van der Waals surface area (Å²) < 4.78 is 33.7. The standard InChI is InChI=1S/C24H34N4O6S2/c1-5-6-15-34-19-9-7-8-10-20(19)36(32,33)28-17-18(35-24(2,3)22(28)23(30)25-31)16-21(29)27-13-11-26(4)12-14-27/h7-10,18,22,31H,11-17H2,1-4H3,(H,25,30)/t18-,22-/m0/s1. The van der Waals surface area contributed by atoms with Gasteiger partial charge in [-0.1, -0.05) is 18.1 Å². The lowest BCUT2D eigenvalue weighted by molar-refractivity contribution is -0.134. The molecule has 3 rings (SSSR count). The van der Waals surface area contributed by atoms with Gasteiger partial charge in [-0.05, 0) is 40.0 Å². The van der Waals surface area contributed by atoms with Gasteiger partial charge < -0.3 is 14.5 Å². The van der Waals surface area contributed by atoms with E-state index in [-0.39, 0.29) is 41.4 Å². The number of carbonyl (C=O) groups excluding carboxylic acids is 2. The summed E-state index contributed by atoms with van der Waals surface area (Å²) >= 11 is 1.38. The van der Waals surface area contributed by atoms with Crippen molar-refractivity contribution in [2.24, 2.45) is 0 Å². The molecule has 198 valence electrons. The Hall–Kier alpha value is -2.30. The number of thioether (sulfide) groups is 1. The number of likely N-dealkylation sites (N-methyl/N-ethyl adjacent to an activating group) is 1. The van der Waals surface area contributed by atoms with E-state index in [4.69, 9.17) is 4.74 Å². The highest BCUT2D eigenvalue weighted by molar-refractivity contribution is 8.01. The van der Waals surface area contributed by atoms with E-state index in [1.165, 1.54) is 23.9 Å². The predicted molar refractivity (Wildman–Crippen MR) is 137 cm³/mol. The van der Waals surface area contributed by atoms with E-state index in [0.29, 0.717) is 13.1 Å². The van der Waals surface area contributed by atoms with Crippen molar-refractivity contribution in [1.29, 1.82) is 0 Å². The van der Waals surface area contributed by atoms with Crippen molar-refractivity contribution in [3.63, 3.8) is 0 Å². The van der Waals surface area contributed by atoms with E-state index in [9.17, 15) is 23.2 Å². The number of nitrogens with zero attached hydrogens (tertiary/aromatic N) is 3. The van der Waals surface area contributed by atoms with Crippen LogP contribution in [0, 0.1) is 11.8 Å². The lowest BCUT2D eigenvalue weighted by atomic mass is 10.0. The van der Waals surface area contributed by atoms with Gasteiger partial charge in [0.15, 0.2) is 0 Å². The highest BCUT2D eigenvalue weighted by Crippen LogP contribution is 2.44. The summed E-state index contributed by atoms with van der Waals surface area (Å²) in [6.45, 7) is 7.89. The number of hydrogen-bond donors (Lipinski definition) is 2. The van der Waals surface area contributed by atoms with Crippen LogP contribution in [0.25, 0.3) is 0 Å². The number of benzene rings is 1. The summed E-state index contributed by atoms with van der Waals surface area (Å²) in [5.74, 6) is 4.67. The van der Waals surface area contributed by atoms with Gasteiger partial charge in [-0.2, -0.15) is 4.31 Å². The second-order valence-corrected chi connectivity index (χ2v) is 13.2. The first kappa shape index (κ1) is 28.3. The Morgan fingerprint density at radius 1 is 1.22 bits per heavy atom. The zero-order chi connectivity index (χ0) is 26.5. The van der Waals surface area contributed by atoms with Crippen LogP contribution in [0.4, 0.5) is 0 Å². The monoisotopic (exact) mass is 538 g/mol. The summed E-state index contributed by atoms with van der Waals surface area (Å²) in [5, 5.41) is 9.05. The van der Waals surface area contributed by atoms with Crippen molar-refractivity contribution < 1.29 is 28.0 Å². The SMILES string of the molecule is CC#CCOc1ccccc1S(=O)(=O)N1C[C@H](CC(=O)N2CCN(C)CC2)SC(C)(C)[C@@H]1C(=O)NO. The molecule has 2 fully saturated rings. The van der Waals surface area contributed by atoms with Gasteiger partial charge in [-0.3, -0.25) is 14.8 Å². The van der Waals surface area contributed by atoms with Crippen LogP contribution in [0.1, 0.15) is 27.2 Å². The average Bonchev–Trinajstić information content (AvgIpc) is 2.83. The second kappa shape index (κ2) is 11.8. The van der Waals surface area contributed by atoms with Crippen molar-refractivity contribution in [2.45, 2.75) is 48.1 Å². The minimum Gasteiger partial charge on any atom is -0.480 e. The summed E-state index contributed by atoms with van der Waals surface area (Å²) in [5.41, 5.74) is 1.62. The molecule has 2 saturated heterocycles. The number of hydrogen-bond acceptors (Lipinski definition) is 8. The summed E-state index contributed by atoms with van der Waals surface area (Å²) in [6, 6.07) is 4.96. The molecule has 2 amide bonds. The third kappa shape index (κ3) is 6.33. The van der Waals surface area contributed by atoms with Crippen LogP contribution in [0.2, 0.25) is 0 Å². The molecule has 2 heterocycles. The maximum atomic E-state index is 14.0. The smallest absolute Gasteiger partial charge is 0.263 e. The maximum absolute atomic E-state index is 14.0. The number of piperazine rings is 1. The fourth-order valence-electron chi connectivity index (χ4n) is 4.51. The van der Waals surface area contributed by atoms with Crippen molar-refractivity contribution in [1.82, 2.24) is 19.6 Å². The third-order valence-corrected chi connectivity index (χ3v) is 9.68. The maximum Gasteiger partial charge on any atom is 0.263 e. The molecule has 12 heteroatoms. The van der Waals surface area contributed by atoms with Crippen molar-refractivity contribution in [2.75, 3.05) is 46.4 Å². The van der Waals surface area contributed by atoms with Crippen LogP contribution in [-0.4, -0.2) is 102 Å². The first-order valence-corrected chi connectivity index (χ1v) is 14.0. The van der Waals surface area contributed by atoms with Crippen molar-refractivity contribution in [3.05, 3.63) is 24.3 Å². The molecular weight excluding hydrogens is 504 g/mol. The molecule has 0 unspecified atom stereocenters. The first-order chi connectivity index (χ1) is 17.0. The van der Waals surface area contributed by atoms with Gasteiger partial charge >= 0.3 is 0 Å². The fraction of sp³-hybridized carbons (Fsp3) is 0.583. The normalized spacial score (nSPS) is 22.9. The van der Waals surface area contributed by atoms with Gasteiger partial charge in [0.1, 0.15) is 23.3 Å². The molecule has 0 aromatic heterocycles. The van der Waals surface area contributed by atoms with Crippen LogP contribution in [0.5, 0.6) is 5.75 Å². The lowest BCUT2D eigenvalue weighted by Gasteiger charge is -2.47. The van der Waals surface area contributed by atoms with E-state index < -0.39 is 26.7 Å². The minimum absolute atomic E-state index is 0.00703. The molecule has 2 atom stereocenters. The summed E-state index contributed by atoms with van der Waals surface area (Å²) in [4.78, 5) is 29.7. The van der Waals surface area contributed by atoms with Crippen LogP contribution in [-0.2, 0) is 19.6 Å². The Labute approximate surface area is 217 Å². The second-order valence-electron chi connectivity index (χ2n) is 9.35. The molecule has 0 radical (unpaired) electrons. The van der Waals surface area contributed by atoms with Crippen molar-refractivity contribution in [3.8, 4) is 17.6 Å². The molecule has 2 N–H and O–H groups in total. The number of amides is 2. The molecule has 1 aromatic rings. The molecule has 36 heavy (non-hydrogen) atoms. The Morgan fingerprint density at radius 3 is 2.53 bits per heavy atom. The zero-order valence-electron chi connectivity index (χ0n) is 21.1. The topological polar surface area (TPSA) is 119 Å². The number of carbonyl (C=O) groups is 2. The average molecular weight is 539 g/mol. The van der Waals surface area contributed by atoms with Gasteiger partial charge in [-0.15, -0.1) is 17.7 Å². The molecule has 0 aliphatic carbocycles. The molecule has 0 spiro atoms. The van der Waals surface area contributed by atoms with Crippen LogP contribution in [0.15, 0.2) is 29.2 Å². The predicted octanol–water partition coefficient (Wildman–Crippen LogP) is 1.01. The minimum atomic E-state index is -4.26. The Bertz CT molecular complexity index is 1120. The van der Waals surface area contributed by atoms with E-state index in [1.54, 1.807) is 43.3 Å². The van der Waals surface area contributed by atoms with Gasteiger partial charge in [-0.25, -0.2) is 13.9 Å². The number of para-hydroxylation sites is 1. The number of rotatable bonds is 7. The molecule has 2 aliphatic rings. The quantitative estimate of drug-likeness (QED) is 0.300. The largest absolute Gasteiger partial charge is 0.480 e. The van der Waals surface area contributed by atoms with E-state index >= 15 is 0 Å². The van der Waals surface area contributed by atoms with Gasteiger partial charge in [0, 0.05) is 49.1 Å². The number of hydroxylamine groups is 1. The zero-order valence-corrected chi connectivity index (χ0v) is 22.7. The number of nitrogens with one attached hydrogen (secondary N) is 1. The Kier molecular flexibility index (Phi) is 9.29. The van der Waals surface area contributed by atoms with Crippen LogP contribution < -0.4 is 10.2 Å². The van der Waals surface area contributed by atoms with E-state index in [0.717, 1.165) is 17.4 Å².